The number of carbonyl (C=O) groups excluding carboxylic acids is 1. The Labute approximate surface area is 128 Å². The summed E-state index contributed by atoms with van der Waals surface area (Å²) in [5.41, 5.74) is 0.692. The second kappa shape index (κ2) is 7.12. The SMILES string of the molecule is O=C(NCc1cc(Br)ccc1OC(F)F)c1ccccn1. The number of nitrogens with one attached hydrogen (secondary N) is 1. The van der Waals surface area contributed by atoms with Crippen LogP contribution in [0.2, 0.25) is 0 Å². The summed E-state index contributed by atoms with van der Waals surface area (Å²) in [5.74, 6) is -0.368. The molecule has 0 bridgehead atoms. The maximum atomic E-state index is 12.3. The molecule has 1 aromatic carbocycles. The Morgan fingerprint density at radius 3 is 2.81 bits per heavy atom. The van der Waals surface area contributed by atoms with Gasteiger partial charge in [-0.25, -0.2) is 0 Å². The second-order valence-electron chi connectivity index (χ2n) is 4.03. The van der Waals surface area contributed by atoms with E-state index in [4.69, 9.17) is 0 Å². The lowest BCUT2D eigenvalue weighted by atomic mass is 10.2. The topological polar surface area (TPSA) is 51.2 Å². The summed E-state index contributed by atoms with van der Waals surface area (Å²) in [4.78, 5) is 15.8. The lowest BCUT2D eigenvalue weighted by Crippen LogP contribution is -2.24. The van der Waals surface area contributed by atoms with Crippen LogP contribution >= 0.6 is 15.9 Å². The Morgan fingerprint density at radius 2 is 2.14 bits per heavy atom. The van der Waals surface area contributed by atoms with Crippen LogP contribution in [0.5, 0.6) is 5.75 Å². The summed E-state index contributed by atoms with van der Waals surface area (Å²) in [6.07, 6.45) is 1.50. The standard InChI is InChI=1S/C14H11BrF2N2O2/c15-10-4-5-12(21-14(16)17)9(7-10)8-19-13(20)11-3-1-2-6-18-11/h1-7,14H,8H2,(H,19,20). The predicted octanol–water partition coefficient (Wildman–Crippen LogP) is 3.38. The van der Waals surface area contributed by atoms with Crippen molar-refractivity contribution in [1.29, 1.82) is 0 Å². The molecule has 21 heavy (non-hydrogen) atoms. The van der Waals surface area contributed by atoms with E-state index in [1.165, 1.54) is 12.3 Å². The van der Waals surface area contributed by atoms with Gasteiger partial charge in [0.15, 0.2) is 0 Å². The van der Waals surface area contributed by atoms with E-state index in [9.17, 15) is 13.6 Å². The summed E-state index contributed by atoms with van der Waals surface area (Å²) in [5, 5.41) is 2.61. The number of hydrogen-bond acceptors (Lipinski definition) is 3. The van der Waals surface area contributed by atoms with Gasteiger partial charge in [0, 0.05) is 22.8 Å². The number of nitrogens with zero attached hydrogens (tertiary/aromatic N) is 1. The number of hydrogen-bond donors (Lipinski definition) is 1. The Kier molecular flexibility index (Phi) is 5.21. The van der Waals surface area contributed by atoms with Gasteiger partial charge in [-0.3, -0.25) is 9.78 Å². The third kappa shape index (κ3) is 4.49. The highest BCUT2D eigenvalue weighted by atomic mass is 79.9. The summed E-state index contributed by atoms with van der Waals surface area (Å²) in [6.45, 7) is -2.87. The van der Waals surface area contributed by atoms with Crippen molar-refractivity contribution in [2.24, 2.45) is 0 Å². The molecule has 0 aliphatic carbocycles. The summed E-state index contributed by atoms with van der Waals surface area (Å²) >= 11 is 3.25. The molecule has 4 nitrogen and oxygen atoms in total. The lowest BCUT2D eigenvalue weighted by Gasteiger charge is -2.12. The van der Waals surface area contributed by atoms with Crippen molar-refractivity contribution in [1.82, 2.24) is 10.3 Å². The maximum Gasteiger partial charge on any atom is 0.387 e. The molecule has 0 atom stereocenters. The fraction of sp³-hybridized carbons (Fsp3) is 0.143. The van der Waals surface area contributed by atoms with Crippen LogP contribution in [0.25, 0.3) is 0 Å². The molecule has 1 aromatic heterocycles. The Bertz CT molecular complexity index is 624. The molecule has 0 aliphatic heterocycles. The Morgan fingerprint density at radius 1 is 1.33 bits per heavy atom. The van der Waals surface area contributed by atoms with E-state index in [0.29, 0.717) is 10.0 Å². The zero-order chi connectivity index (χ0) is 15.2. The first-order chi connectivity index (χ1) is 10.1. The fourth-order valence-corrected chi connectivity index (χ4v) is 2.07. The number of rotatable bonds is 5. The largest absolute Gasteiger partial charge is 0.434 e. The molecule has 0 spiro atoms. The first-order valence-electron chi connectivity index (χ1n) is 5.98. The number of aromatic nitrogens is 1. The van der Waals surface area contributed by atoms with Crippen LogP contribution in [0.1, 0.15) is 16.1 Å². The number of carbonyl (C=O) groups is 1. The Balaban J connectivity index is 2.08. The number of pyridine rings is 1. The second-order valence-corrected chi connectivity index (χ2v) is 4.94. The van der Waals surface area contributed by atoms with E-state index in [2.05, 4.69) is 31.0 Å². The van der Waals surface area contributed by atoms with Crippen LogP contribution < -0.4 is 10.1 Å². The minimum absolute atomic E-state index is 0.0227. The highest BCUT2D eigenvalue weighted by Crippen LogP contribution is 2.24. The summed E-state index contributed by atoms with van der Waals surface area (Å²) in [6, 6.07) is 9.55. The first kappa shape index (κ1) is 15.4. The fourth-order valence-electron chi connectivity index (χ4n) is 1.66. The van der Waals surface area contributed by atoms with Gasteiger partial charge in [0.05, 0.1) is 0 Å². The van der Waals surface area contributed by atoms with Crippen molar-refractivity contribution in [2.45, 2.75) is 13.2 Å². The molecule has 2 rings (SSSR count). The first-order valence-corrected chi connectivity index (χ1v) is 6.78. The monoisotopic (exact) mass is 356 g/mol. The number of benzene rings is 1. The van der Waals surface area contributed by atoms with E-state index >= 15 is 0 Å². The average molecular weight is 357 g/mol. The van der Waals surface area contributed by atoms with Crippen molar-refractivity contribution >= 4 is 21.8 Å². The smallest absolute Gasteiger partial charge is 0.387 e. The summed E-state index contributed by atoms with van der Waals surface area (Å²) < 4.78 is 29.8. The highest BCUT2D eigenvalue weighted by Gasteiger charge is 2.12. The van der Waals surface area contributed by atoms with Gasteiger partial charge in [-0.15, -0.1) is 0 Å². The zero-order valence-corrected chi connectivity index (χ0v) is 12.3. The number of ether oxygens (including phenoxy) is 1. The maximum absolute atomic E-state index is 12.3. The van der Waals surface area contributed by atoms with E-state index in [0.717, 1.165) is 0 Å². The van der Waals surface area contributed by atoms with Gasteiger partial charge in [0.25, 0.3) is 5.91 Å². The minimum Gasteiger partial charge on any atom is -0.434 e. The van der Waals surface area contributed by atoms with Crippen LogP contribution in [-0.4, -0.2) is 17.5 Å². The van der Waals surface area contributed by atoms with Crippen LogP contribution in [0, 0.1) is 0 Å². The van der Waals surface area contributed by atoms with Crippen molar-refractivity contribution in [2.75, 3.05) is 0 Å². The molecule has 2 aromatic rings. The molecule has 1 amide bonds. The van der Waals surface area contributed by atoms with E-state index in [1.54, 1.807) is 30.3 Å². The van der Waals surface area contributed by atoms with Gasteiger partial charge in [0.1, 0.15) is 11.4 Å². The van der Waals surface area contributed by atoms with Gasteiger partial charge in [-0.2, -0.15) is 8.78 Å². The van der Waals surface area contributed by atoms with Gasteiger partial charge >= 0.3 is 6.61 Å². The molecule has 1 N–H and O–H groups in total. The molecule has 0 aliphatic rings. The molecular formula is C14H11BrF2N2O2. The quantitative estimate of drug-likeness (QED) is 0.893. The van der Waals surface area contributed by atoms with Crippen LogP contribution in [0.3, 0.4) is 0 Å². The lowest BCUT2D eigenvalue weighted by molar-refractivity contribution is -0.0504. The molecule has 110 valence electrons. The van der Waals surface area contributed by atoms with Crippen molar-refractivity contribution in [3.8, 4) is 5.75 Å². The van der Waals surface area contributed by atoms with Crippen LogP contribution in [0.4, 0.5) is 8.78 Å². The van der Waals surface area contributed by atoms with E-state index < -0.39 is 12.5 Å². The van der Waals surface area contributed by atoms with Gasteiger partial charge in [0.2, 0.25) is 0 Å². The molecule has 0 radical (unpaired) electrons. The predicted molar refractivity (Wildman–Crippen MR) is 76.2 cm³/mol. The average Bonchev–Trinajstić information content (AvgIpc) is 2.47. The molecule has 7 heteroatoms. The van der Waals surface area contributed by atoms with Gasteiger partial charge < -0.3 is 10.1 Å². The number of amides is 1. The summed E-state index contributed by atoms with van der Waals surface area (Å²) in [7, 11) is 0. The van der Waals surface area contributed by atoms with E-state index in [-0.39, 0.29) is 18.0 Å². The minimum atomic E-state index is -2.92. The van der Waals surface area contributed by atoms with Crippen molar-refractivity contribution in [3.63, 3.8) is 0 Å². The molecule has 0 saturated carbocycles. The highest BCUT2D eigenvalue weighted by molar-refractivity contribution is 9.10. The number of halogens is 3. The normalized spacial score (nSPS) is 10.5. The molecule has 0 saturated heterocycles. The Hall–Kier alpha value is -2.02. The molecule has 1 heterocycles. The molecule has 0 fully saturated rings. The molecular weight excluding hydrogens is 346 g/mol. The van der Waals surface area contributed by atoms with Crippen LogP contribution in [-0.2, 0) is 6.54 Å². The molecule has 0 unspecified atom stereocenters. The number of alkyl halides is 2. The van der Waals surface area contributed by atoms with Crippen LogP contribution in [0.15, 0.2) is 47.1 Å². The third-order valence-electron chi connectivity index (χ3n) is 2.58. The van der Waals surface area contributed by atoms with E-state index in [1.807, 2.05) is 0 Å². The van der Waals surface area contributed by atoms with Gasteiger partial charge in [-0.05, 0) is 30.3 Å². The van der Waals surface area contributed by atoms with Gasteiger partial charge in [-0.1, -0.05) is 22.0 Å². The van der Waals surface area contributed by atoms with Crippen molar-refractivity contribution in [3.05, 3.63) is 58.3 Å². The third-order valence-corrected chi connectivity index (χ3v) is 3.07. The zero-order valence-electron chi connectivity index (χ0n) is 10.7. The van der Waals surface area contributed by atoms with Crippen molar-refractivity contribution < 1.29 is 18.3 Å².